The maximum absolute atomic E-state index is 13.2. The first kappa shape index (κ1) is 12.6. The average Bonchev–Trinajstić information content (AvgIpc) is 2.22. The van der Waals surface area contributed by atoms with Crippen molar-refractivity contribution < 1.29 is 13.6 Å². The van der Waals surface area contributed by atoms with Gasteiger partial charge in [0.25, 0.3) is 0 Å². The van der Waals surface area contributed by atoms with E-state index in [0.29, 0.717) is 0 Å². The van der Waals surface area contributed by atoms with Gasteiger partial charge in [0.2, 0.25) is 5.91 Å². The Hall–Kier alpha value is -1.49. The zero-order valence-corrected chi connectivity index (χ0v) is 8.97. The highest BCUT2D eigenvalue weighted by Gasteiger charge is 2.10. The van der Waals surface area contributed by atoms with Crippen LogP contribution in [0.15, 0.2) is 18.2 Å². The van der Waals surface area contributed by atoms with Gasteiger partial charge in [-0.15, -0.1) is 0 Å². The van der Waals surface area contributed by atoms with Gasteiger partial charge >= 0.3 is 0 Å². The van der Waals surface area contributed by atoms with E-state index < -0.39 is 17.7 Å². The first-order chi connectivity index (χ1) is 7.52. The predicted molar refractivity (Wildman–Crippen MR) is 56.7 cm³/mol. The molecule has 0 saturated carbocycles. The second kappa shape index (κ2) is 5.55. The standard InChI is InChI=1S/C11H14F2N2O/c1-7(14)11(16)15-6-5-8-9(12)3-2-4-10(8)13/h2-4,7H,5-6,14H2,1H3,(H,15,16)/t7-/m1/s1. The van der Waals surface area contributed by atoms with Gasteiger partial charge in [-0.05, 0) is 25.5 Å². The van der Waals surface area contributed by atoms with Crippen molar-refractivity contribution in [2.45, 2.75) is 19.4 Å². The molecule has 1 atom stereocenters. The van der Waals surface area contributed by atoms with Crippen LogP contribution in [-0.2, 0) is 11.2 Å². The predicted octanol–water partition coefficient (Wildman–Crippen LogP) is 0.971. The maximum atomic E-state index is 13.2. The molecule has 0 aliphatic rings. The molecule has 1 aromatic rings. The van der Waals surface area contributed by atoms with Gasteiger partial charge in [0.15, 0.2) is 0 Å². The molecule has 0 spiro atoms. The summed E-state index contributed by atoms with van der Waals surface area (Å²) in [5, 5.41) is 2.49. The first-order valence-electron chi connectivity index (χ1n) is 4.98. The number of amides is 1. The zero-order valence-electron chi connectivity index (χ0n) is 8.97. The summed E-state index contributed by atoms with van der Waals surface area (Å²) >= 11 is 0. The SMILES string of the molecule is C[C@@H](N)C(=O)NCCc1c(F)cccc1F. The number of nitrogens with two attached hydrogens (primary N) is 1. The van der Waals surface area contributed by atoms with Gasteiger partial charge in [0.05, 0.1) is 6.04 Å². The van der Waals surface area contributed by atoms with Crippen LogP contribution in [0.25, 0.3) is 0 Å². The molecule has 0 aliphatic carbocycles. The Kier molecular flexibility index (Phi) is 4.37. The van der Waals surface area contributed by atoms with Crippen LogP contribution in [-0.4, -0.2) is 18.5 Å². The molecule has 0 heterocycles. The third-order valence-corrected chi connectivity index (χ3v) is 2.15. The van der Waals surface area contributed by atoms with E-state index >= 15 is 0 Å². The van der Waals surface area contributed by atoms with E-state index in [2.05, 4.69) is 5.32 Å². The van der Waals surface area contributed by atoms with Crippen LogP contribution in [0.2, 0.25) is 0 Å². The van der Waals surface area contributed by atoms with Gasteiger partial charge in [-0.25, -0.2) is 8.78 Å². The number of hydrogen-bond donors (Lipinski definition) is 2. The molecule has 1 amide bonds. The van der Waals surface area contributed by atoms with E-state index in [-0.39, 0.29) is 24.4 Å². The molecule has 3 nitrogen and oxygen atoms in total. The normalized spacial score (nSPS) is 12.2. The molecule has 1 rings (SSSR count). The monoisotopic (exact) mass is 228 g/mol. The van der Waals surface area contributed by atoms with Gasteiger partial charge in [0, 0.05) is 12.1 Å². The lowest BCUT2D eigenvalue weighted by Crippen LogP contribution is -2.39. The van der Waals surface area contributed by atoms with Crippen molar-refractivity contribution in [2.75, 3.05) is 6.54 Å². The minimum Gasteiger partial charge on any atom is -0.354 e. The van der Waals surface area contributed by atoms with Gasteiger partial charge in [0.1, 0.15) is 11.6 Å². The highest BCUT2D eigenvalue weighted by Crippen LogP contribution is 2.11. The van der Waals surface area contributed by atoms with E-state index in [1.807, 2.05) is 0 Å². The largest absolute Gasteiger partial charge is 0.354 e. The zero-order chi connectivity index (χ0) is 12.1. The molecule has 1 aromatic carbocycles. The van der Waals surface area contributed by atoms with Crippen LogP contribution in [0, 0.1) is 11.6 Å². The molecule has 0 radical (unpaired) electrons. The van der Waals surface area contributed by atoms with E-state index in [9.17, 15) is 13.6 Å². The Morgan fingerprint density at radius 2 is 2.00 bits per heavy atom. The van der Waals surface area contributed by atoms with Crippen LogP contribution < -0.4 is 11.1 Å². The van der Waals surface area contributed by atoms with Gasteiger partial charge < -0.3 is 11.1 Å². The van der Waals surface area contributed by atoms with Crippen molar-refractivity contribution in [3.63, 3.8) is 0 Å². The molecule has 16 heavy (non-hydrogen) atoms. The molecule has 0 saturated heterocycles. The fraction of sp³-hybridized carbons (Fsp3) is 0.364. The Bertz CT molecular complexity index is 360. The Balaban J connectivity index is 2.52. The van der Waals surface area contributed by atoms with Crippen LogP contribution in [0.5, 0.6) is 0 Å². The molecular weight excluding hydrogens is 214 g/mol. The van der Waals surface area contributed by atoms with Gasteiger partial charge in [-0.3, -0.25) is 4.79 Å². The van der Waals surface area contributed by atoms with Crippen molar-refractivity contribution in [1.29, 1.82) is 0 Å². The summed E-state index contributed by atoms with van der Waals surface area (Å²) in [6, 6.07) is 3.05. The molecule has 0 bridgehead atoms. The van der Waals surface area contributed by atoms with Crippen LogP contribution in [0.1, 0.15) is 12.5 Å². The number of halogens is 2. The molecule has 88 valence electrons. The molecule has 0 fully saturated rings. The minimum atomic E-state index is -0.620. The quantitative estimate of drug-likeness (QED) is 0.806. The van der Waals surface area contributed by atoms with E-state index in [0.717, 1.165) is 0 Å². The third-order valence-electron chi connectivity index (χ3n) is 2.15. The number of carbonyl (C=O) groups is 1. The van der Waals surface area contributed by atoms with Crippen molar-refractivity contribution in [1.82, 2.24) is 5.32 Å². The van der Waals surface area contributed by atoms with Crippen molar-refractivity contribution in [3.8, 4) is 0 Å². The fourth-order valence-corrected chi connectivity index (χ4v) is 1.24. The maximum Gasteiger partial charge on any atom is 0.236 e. The average molecular weight is 228 g/mol. The molecule has 5 heteroatoms. The highest BCUT2D eigenvalue weighted by molar-refractivity contribution is 5.80. The summed E-state index contributed by atoms with van der Waals surface area (Å²) in [5.41, 5.74) is 5.29. The minimum absolute atomic E-state index is 0.0209. The van der Waals surface area contributed by atoms with Crippen LogP contribution in [0.4, 0.5) is 8.78 Å². The Morgan fingerprint density at radius 1 is 1.44 bits per heavy atom. The summed E-state index contributed by atoms with van der Waals surface area (Å²) in [6.07, 6.45) is 0.108. The Morgan fingerprint density at radius 3 is 2.50 bits per heavy atom. The van der Waals surface area contributed by atoms with Crippen molar-refractivity contribution in [3.05, 3.63) is 35.4 Å². The topological polar surface area (TPSA) is 55.1 Å². The molecular formula is C11H14F2N2O. The lowest BCUT2D eigenvalue weighted by atomic mass is 10.1. The summed E-state index contributed by atoms with van der Waals surface area (Å²) < 4.78 is 26.3. The first-order valence-corrected chi connectivity index (χ1v) is 4.98. The number of nitrogens with one attached hydrogen (secondary N) is 1. The second-order valence-electron chi connectivity index (χ2n) is 3.53. The smallest absolute Gasteiger partial charge is 0.236 e. The van der Waals surface area contributed by atoms with Gasteiger partial charge in [-0.2, -0.15) is 0 Å². The highest BCUT2D eigenvalue weighted by atomic mass is 19.1. The lowest BCUT2D eigenvalue weighted by molar-refractivity contribution is -0.121. The number of carbonyl (C=O) groups excluding carboxylic acids is 1. The molecule has 0 unspecified atom stereocenters. The summed E-state index contributed by atoms with van der Waals surface area (Å²) in [4.78, 5) is 11.1. The summed E-state index contributed by atoms with van der Waals surface area (Å²) in [6.45, 7) is 1.71. The lowest BCUT2D eigenvalue weighted by Gasteiger charge is -2.08. The molecule has 0 aliphatic heterocycles. The fourth-order valence-electron chi connectivity index (χ4n) is 1.24. The summed E-state index contributed by atoms with van der Waals surface area (Å²) in [5.74, 6) is -1.54. The van der Waals surface area contributed by atoms with E-state index in [1.54, 1.807) is 6.92 Å². The van der Waals surface area contributed by atoms with Crippen LogP contribution in [0.3, 0.4) is 0 Å². The number of benzene rings is 1. The Labute approximate surface area is 92.6 Å². The number of hydrogen-bond acceptors (Lipinski definition) is 2. The molecule has 0 aromatic heterocycles. The number of rotatable bonds is 4. The van der Waals surface area contributed by atoms with Crippen molar-refractivity contribution >= 4 is 5.91 Å². The third kappa shape index (κ3) is 3.27. The second-order valence-corrected chi connectivity index (χ2v) is 3.53. The summed E-state index contributed by atoms with van der Waals surface area (Å²) in [7, 11) is 0. The molecule has 3 N–H and O–H groups in total. The van der Waals surface area contributed by atoms with Crippen molar-refractivity contribution in [2.24, 2.45) is 5.73 Å². The van der Waals surface area contributed by atoms with Crippen LogP contribution >= 0.6 is 0 Å². The van der Waals surface area contributed by atoms with E-state index in [1.165, 1.54) is 18.2 Å². The van der Waals surface area contributed by atoms with Gasteiger partial charge in [-0.1, -0.05) is 6.07 Å². The van der Waals surface area contributed by atoms with E-state index in [4.69, 9.17) is 5.73 Å².